The van der Waals surface area contributed by atoms with Crippen LogP contribution in [-0.2, 0) is 4.74 Å². The molecule has 3 rings (SSSR count). The first-order valence-electron chi connectivity index (χ1n) is 5.27. The lowest BCUT2D eigenvalue weighted by Crippen LogP contribution is -2.48. The third-order valence-electron chi connectivity index (χ3n) is 3.77. The van der Waals surface area contributed by atoms with Gasteiger partial charge in [0.25, 0.3) is 0 Å². The molecule has 2 bridgehead atoms. The van der Waals surface area contributed by atoms with Gasteiger partial charge in [0.05, 0.1) is 6.61 Å². The Hall–Kier alpha value is -0.340. The number of aliphatic hydroxyl groups excluding tert-OH is 1. The lowest BCUT2D eigenvalue weighted by Gasteiger charge is -2.56. The summed E-state index contributed by atoms with van der Waals surface area (Å²) in [5.41, 5.74) is 1.77. The van der Waals surface area contributed by atoms with Gasteiger partial charge in [-0.3, -0.25) is 0 Å². The van der Waals surface area contributed by atoms with Crippen molar-refractivity contribution in [3.63, 3.8) is 0 Å². The highest BCUT2D eigenvalue weighted by Crippen LogP contribution is 2.58. The van der Waals surface area contributed by atoms with Crippen LogP contribution >= 0.6 is 0 Å². The Bertz CT molecular complexity index is 218. The van der Waals surface area contributed by atoms with E-state index in [9.17, 15) is 0 Å². The molecule has 0 saturated heterocycles. The summed E-state index contributed by atoms with van der Waals surface area (Å²) >= 11 is 0. The summed E-state index contributed by atoms with van der Waals surface area (Å²) in [6.07, 6.45) is 4.75. The molecular weight excluding hydrogens is 176 g/mol. The van der Waals surface area contributed by atoms with Crippen LogP contribution < -0.4 is 0 Å². The van der Waals surface area contributed by atoms with Crippen molar-refractivity contribution in [3.05, 3.63) is 11.6 Å². The van der Waals surface area contributed by atoms with E-state index in [-0.39, 0.29) is 6.61 Å². The molecule has 1 N–H and O–H groups in total. The van der Waals surface area contributed by atoms with Crippen molar-refractivity contribution in [1.82, 2.24) is 0 Å². The molecular formula is C12H22O2. The number of fused-ring (bicyclic) bond motifs is 1. The van der Waals surface area contributed by atoms with E-state index in [1.807, 2.05) is 0 Å². The SMILES string of the molecule is CC1(C)C2CC=C(CO)C1C2.COC. The van der Waals surface area contributed by atoms with Gasteiger partial charge in [0, 0.05) is 14.2 Å². The number of hydrogen-bond donors (Lipinski definition) is 1. The Morgan fingerprint density at radius 2 is 2.07 bits per heavy atom. The van der Waals surface area contributed by atoms with Crippen LogP contribution in [0.25, 0.3) is 0 Å². The maximum Gasteiger partial charge on any atom is 0.0644 e. The number of allylic oxidation sites excluding steroid dienone is 1. The highest BCUT2D eigenvalue weighted by Gasteiger charge is 2.50. The standard InChI is InChI=1S/C10H16O.C2H6O/c1-10(2)8-4-3-7(6-11)9(10)5-8;1-3-2/h3,8-9,11H,4-6H2,1-2H3;1-2H3. The highest BCUT2D eigenvalue weighted by atomic mass is 16.4. The molecule has 2 nitrogen and oxygen atoms in total. The average Bonchev–Trinajstić information content (AvgIpc) is 2.18. The summed E-state index contributed by atoms with van der Waals surface area (Å²) < 4.78 is 4.25. The van der Waals surface area contributed by atoms with E-state index in [0.717, 1.165) is 5.92 Å². The Labute approximate surface area is 87.0 Å². The number of hydrogen-bond acceptors (Lipinski definition) is 2. The quantitative estimate of drug-likeness (QED) is 0.655. The van der Waals surface area contributed by atoms with Gasteiger partial charge in [0.1, 0.15) is 0 Å². The average molecular weight is 198 g/mol. The minimum Gasteiger partial charge on any atom is -0.392 e. The Balaban J connectivity index is 0.000000293. The van der Waals surface area contributed by atoms with Crippen molar-refractivity contribution in [2.45, 2.75) is 26.7 Å². The summed E-state index contributed by atoms with van der Waals surface area (Å²) in [7, 11) is 3.25. The third kappa shape index (κ3) is 1.86. The van der Waals surface area contributed by atoms with Crippen LogP contribution in [0.2, 0.25) is 0 Å². The van der Waals surface area contributed by atoms with Gasteiger partial charge in [-0.15, -0.1) is 0 Å². The molecule has 0 amide bonds. The summed E-state index contributed by atoms with van der Waals surface area (Å²) in [6.45, 7) is 4.93. The monoisotopic (exact) mass is 198 g/mol. The number of aliphatic hydroxyl groups is 1. The molecule has 0 aliphatic heterocycles. The third-order valence-corrected chi connectivity index (χ3v) is 3.77. The zero-order valence-electron chi connectivity index (χ0n) is 9.71. The summed E-state index contributed by atoms with van der Waals surface area (Å²) in [5, 5.41) is 9.05. The van der Waals surface area contributed by atoms with E-state index in [4.69, 9.17) is 5.11 Å². The molecule has 82 valence electrons. The summed E-state index contributed by atoms with van der Waals surface area (Å²) in [6, 6.07) is 0. The molecule has 0 aromatic carbocycles. The molecule has 2 unspecified atom stereocenters. The molecule has 0 radical (unpaired) electrons. The molecule has 1 saturated carbocycles. The van der Waals surface area contributed by atoms with Crippen molar-refractivity contribution in [3.8, 4) is 0 Å². The topological polar surface area (TPSA) is 29.5 Å². The number of methoxy groups -OCH3 is 1. The van der Waals surface area contributed by atoms with Gasteiger partial charge in [0.15, 0.2) is 0 Å². The fraction of sp³-hybridized carbons (Fsp3) is 0.833. The molecule has 1 fully saturated rings. The smallest absolute Gasteiger partial charge is 0.0644 e. The maximum atomic E-state index is 9.05. The molecule has 2 heteroatoms. The van der Waals surface area contributed by atoms with E-state index >= 15 is 0 Å². The number of ether oxygens (including phenoxy) is 1. The van der Waals surface area contributed by atoms with Crippen LogP contribution in [0.15, 0.2) is 11.6 Å². The second-order valence-electron chi connectivity index (χ2n) is 4.89. The van der Waals surface area contributed by atoms with Crippen LogP contribution in [0.3, 0.4) is 0 Å². The van der Waals surface area contributed by atoms with Gasteiger partial charge < -0.3 is 9.84 Å². The van der Waals surface area contributed by atoms with Gasteiger partial charge in [-0.05, 0) is 35.7 Å². The number of rotatable bonds is 1. The summed E-state index contributed by atoms with van der Waals surface area (Å²) in [5.74, 6) is 1.58. The zero-order valence-corrected chi connectivity index (χ0v) is 9.71. The van der Waals surface area contributed by atoms with Gasteiger partial charge in [-0.25, -0.2) is 0 Å². The second-order valence-corrected chi connectivity index (χ2v) is 4.89. The van der Waals surface area contributed by atoms with Crippen LogP contribution in [0, 0.1) is 17.3 Å². The molecule has 0 heterocycles. The van der Waals surface area contributed by atoms with E-state index in [1.165, 1.54) is 18.4 Å². The van der Waals surface area contributed by atoms with Crippen LogP contribution in [0.4, 0.5) is 0 Å². The first-order chi connectivity index (χ1) is 6.57. The van der Waals surface area contributed by atoms with Crippen molar-refractivity contribution < 1.29 is 9.84 Å². The lowest BCUT2D eigenvalue weighted by atomic mass is 9.49. The van der Waals surface area contributed by atoms with E-state index in [2.05, 4.69) is 24.7 Å². The van der Waals surface area contributed by atoms with Crippen LogP contribution in [0.5, 0.6) is 0 Å². The fourth-order valence-corrected chi connectivity index (χ4v) is 2.66. The van der Waals surface area contributed by atoms with Gasteiger partial charge in [0.2, 0.25) is 0 Å². The fourth-order valence-electron chi connectivity index (χ4n) is 2.66. The van der Waals surface area contributed by atoms with E-state index in [0.29, 0.717) is 11.3 Å². The lowest BCUT2D eigenvalue weighted by molar-refractivity contribution is -0.0125. The minimum absolute atomic E-state index is 0.279. The zero-order chi connectivity index (χ0) is 10.8. The van der Waals surface area contributed by atoms with Crippen molar-refractivity contribution in [2.24, 2.45) is 17.3 Å². The van der Waals surface area contributed by atoms with Crippen LogP contribution in [0.1, 0.15) is 26.7 Å². The van der Waals surface area contributed by atoms with Gasteiger partial charge in [-0.2, -0.15) is 0 Å². The first-order valence-corrected chi connectivity index (χ1v) is 5.27. The second kappa shape index (κ2) is 4.45. The normalized spacial score (nSPS) is 32.2. The van der Waals surface area contributed by atoms with Gasteiger partial charge in [-0.1, -0.05) is 19.9 Å². The van der Waals surface area contributed by atoms with E-state index in [1.54, 1.807) is 14.2 Å². The van der Waals surface area contributed by atoms with Crippen molar-refractivity contribution in [1.29, 1.82) is 0 Å². The van der Waals surface area contributed by atoms with Crippen molar-refractivity contribution in [2.75, 3.05) is 20.8 Å². The molecule has 3 aliphatic rings. The predicted octanol–water partition coefficient (Wildman–Crippen LogP) is 2.23. The van der Waals surface area contributed by atoms with Gasteiger partial charge >= 0.3 is 0 Å². The van der Waals surface area contributed by atoms with E-state index < -0.39 is 0 Å². The minimum atomic E-state index is 0.279. The maximum absolute atomic E-state index is 9.05. The molecule has 0 aromatic heterocycles. The Morgan fingerprint density at radius 3 is 2.36 bits per heavy atom. The first kappa shape index (κ1) is 11.7. The molecule has 0 aromatic rings. The Morgan fingerprint density at radius 1 is 1.50 bits per heavy atom. The largest absolute Gasteiger partial charge is 0.392 e. The molecule has 0 spiro atoms. The highest BCUT2D eigenvalue weighted by molar-refractivity contribution is 5.23. The summed E-state index contributed by atoms with van der Waals surface area (Å²) in [4.78, 5) is 0. The van der Waals surface area contributed by atoms with Crippen LogP contribution in [-0.4, -0.2) is 25.9 Å². The molecule has 2 atom stereocenters. The molecule has 3 aliphatic carbocycles. The molecule has 14 heavy (non-hydrogen) atoms. The Kier molecular flexibility index (Phi) is 3.73. The predicted molar refractivity (Wildman–Crippen MR) is 58.1 cm³/mol. The van der Waals surface area contributed by atoms with Crippen molar-refractivity contribution >= 4 is 0 Å².